The Hall–Kier alpha value is -2.55. The Balaban J connectivity index is 1.25. The van der Waals surface area contributed by atoms with Crippen molar-refractivity contribution in [2.24, 2.45) is 11.8 Å². The van der Waals surface area contributed by atoms with Crippen molar-refractivity contribution in [3.05, 3.63) is 47.4 Å². The minimum absolute atomic E-state index is 0.369. The van der Waals surface area contributed by atoms with Crippen LogP contribution in [0.25, 0.3) is 10.9 Å². The van der Waals surface area contributed by atoms with Gasteiger partial charge >= 0.3 is 5.97 Å². The summed E-state index contributed by atoms with van der Waals surface area (Å²) in [5.41, 5.74) is 2.85. The molecule has 0 aliphatic carbocycles. The van der Waals surface area contributed by atoms with E-state index in [1.165, 1.54) is 18.9 Å². The predicted octanol–water partition coefficient (Wildman–Crippen LogP) is -0.557. The van der Waals surface area contributed by atoms with Gasteiger partial charge < -0.3 is 49.1 Å². The zero-order valence-corrected chi connectivity index (χ0v) is 21.3. The molecule has 5 aliphatic rings. The fourth-order valence-electron chi connectivity index (χ4n) is 7.18. The molecule has 10 atom stereocenters. The monoisotopic (exact) mass is 544 g/mol. The first-order valence-corrected chi connectivity index (χ1v) is 13.3. The summed E-state index contributed by atoms with van der Waals surface area (Å²) < 4.78 is 29.5. The Morgan fingerprint density at radius 1 is 1.18 bits per heavy atom. The summed E-state index contributed by atoms with van der Waals surface area (Å²) in [5, 5.41) is 41.7. The molecule has 0 saturated carbocycles. The van der Waals surface area contributed by atoms with Crippen molar-refractivity contribution in [2.45, 2.75) is 61.7 Å². The van der Waals surface area contributed by atoms with Gasteiger partial charge in [-0.15, -0.1) is 0 Å². The number of carbonyl (C=O) groups excluding carboxylic acids is 1. The molecule has 0 amide bonds. The van der Waals surface area contributed by atoms with Crippen LogP contribution in [0.5, 0.6) is 0 Å². The number of para-hydroxylation sites is 1. The second-order valence-corrected chi connectivity index (χ2v) is 11.0. The first kappa shape index (κ1) is 25.4. The van der Waals surface area contributed by atoms with Crippen LogP contribution in [0.4, 0.5) is 0 Å². The van der Waals surface area contributed by atoms with Crippen LogP contribution in [0.3, 0.4) is 0 Å². The van der Waals surface area contributed by atoms with E-state index in [-0.39, 0.29) is 5.92 Å². The Kier molecular flexibility index (Phi) is 6.03. The first-order chi connectivity index (χ1) is 18.9. The van der Waals surface area contributed by atoms with E-state index >= 15 is 0 Å². The van der Waals surface area contributed by atoms with Crippen LogP contribution >= 0.6 is 0 Å². The molecule has 210 valence electrons. The van der Waals surface area contributed by atoms with Crippen molar-refractivity contribution >= 4 is 16.9 Å². The fraction of sp³-hybridized carbons (Fsp3) is 0.593. The highest BCUT2D eigenvalue weighted by atomic mass is 16.8. The molecular weight excluding hydrogens is 512 g/mol. The Bertz CT molecular complexity index is 1310. The van der Waals surface area contributed by atoms with Crippen LogP contribution in [-0.2, 0) is 40.6 Å². The van der Waals surface area contributed by atoms with E-state index in [9.17, 15) is 25.2 Å². The predicted molar refractivity (Wildman–Crippen MR) is 132 cm³/mol. The van der Waals surface area contributed by atoms with Gasteiger partial charge in [-0.05, 0) is 18.1 Å². The van der Waals surface area contributed by atoms with Gasteiger partial charge in [0.1, 0.15) is 24.4 Å². The SMILES string of the molecule is COC(=O)C1=CO[C@@H](OC2OC(CO)C(O)C(O)C2O)[C@H]2[C@@H]1C[C@@]13O[C@@H]2CN1CCc1c3[nH]c2ccccc12. The number of aliphatic hydroxyl groups excluding tert-OH is 4. The van der Waals surface area contributed by atoms with E-state index in [0.717, 1.165) is 29.6 Å². The van der Waals surface area contributed by atoms with Crippen molar-refractivity contribution in [2.75, 3.05) is 26.8 Å². The normalized spacial score (nSPS) is 41.3. The number of aromatic amines is 1. The Labute approximate surface area is 223 Å². The lowest BCUT2D eigenvalue weighted by Gasteiger charge is -2.50. The number of fused-ring (bicyclic) bond motifs is 6. The molecule has 5 unspecified atom stereocenters. The van der Waals surface area contributed by atoms with Gasteiger partial charge in [0.15, 0.2) is 12.0 Å². The maximum absolute atomic E-state index is 12.9. The number of rotatable bonds is 4. The summed E-state index contributed by atoms with van der Waals surface area (Å²) in [6, 6.07) is 8.17. The minimum atomic E-state index is -1.59. The van der Waals surface area contributed by atoms with Gasteiger partial charge in [0, 0.05) is 36.3 Å². The summed E-state index contributed by atoms with van der Waals surface area (Å²) in [6.07, 6.45) is -5.98. The number of carbonyl (C=O) groups is 1. The van der Waals surface area contributed by atoms with Crippen LogP contribution in [0.2, 0.25) is 0 Å². The maximum Gasteiger partial charge on any atom is 0.337 e. The topological polar surface area (TPSA) is 163 Å². The molecule has 39 heavy (non-hydrogen) atoms. The van der Waals surface area contributed by atoms with Crippen molar-refractivity contribution in [1.82, 2.24) is 9.88 Å². The molecule has 6 heterocycles. The molecule has 2 bridgehead atoms. The highest BCUT2D eigenvalue weighted by Gasteiger charge is 2.64. The van der Waals surface area contributed by atoms with E-state index in [4.69, 9.17) is 23.7 Å². The van der Waals surface area contributed by atoms with Gasteiger partial charge in [-0.1, -0.05) is 18.2 Å². The summed E-state index contributed by atoms with van der Waals surface area (Å²) in [7, 11) is 1.32. The number of hydrogen-bond acceptors (Lipinski definition) is 11. The number of ether oxygens (including phenoxy) is 5. The third-order valence-corrected chi connectivity index (χ3v) is 9.06. The van der Waals surface area contributed by atoms with E-state index in [0.29, 0.717) is 18.5 Å². The molecule has 5 N–H and O–H groups in total. The number of nitrogens with zero attached hydrogens (tertiary/aromatic N) is 1. The highest BCUT2D eigenvalue weighted by Crippen LogP contribution is 2.57. The second-order valence-electron chi connectivity index (χ2n) is 11.0. The van der Waals surface area contributed by atoms with Crippen molar-refractivity contribution in [3.8, 4) is 0 Å². The standard InChI is InChI=1S/C27H32N2O10/c1-35-24(34)15-11-36-25(38-26-22(33)21(32)20(31)18(10-30)37-26)19-14(15)8-27-23-13(6-7-29(27)9-17(19)39-27)12-4-2-3-5-16(12)28-23/h2-5,11,14,17-22,25-26,28,30-33H,6-10H2,1H3/t14-,17-,18?,19+,20?,21?,22?,25+,26?,27+/m1/s1. The quantitative estimate of drug-likeness (QED) is 0.314. The summed E-state index contributed by atoms with van der Waals surface area (Å²) in [4.78, 5) is 18.8. The molecule has 2 aromatic rings. The van der Waals surface area contributed by atoms with E-state index in [2.05, 4.69) is 16.0 Å². The molecule has 3 fully saturated rings. The average molecular weight is 545 g/mol. The molecule has 5 aliphatic heterocycles. The molecular formula is C27H32N2O10. The van der Waals surface area contributed by atoms with Crippen molar-refractivity contribution in [1.29, 1.82) is 0 Å². The Morgan fingerprint density at radius 3 is 2.79 bits per heavy atom. The third kappa shape index (κ3) is 3.64. The number of aliphatic hydroxyl groups is 4. The number of hydrogen-bond donors (Lipinski definition) is 5. The smallest absolute Gasteiger partial charge is 0.337 e. The zero-order valence-electron chi connectivity index (χ0n) is 21.3. The van der Waals surface area contributed by atoms with E-state index < -0.39 is 67.3 Å². The van der Waals surface area contributed by atoms with Crippen molar-refractivity contribution < 1.29 is 48.9 Å². The molecule has 1 spiro atoms. The molecule has 1 aromatic heterocycles. The van der Waals surface area contributed by atoms with Crippen LogP contribution in [0.15, 0.2) is 36.1 Å². The number of benzene rings is 1. The summed E-state index contributed by atoms with van der Waals surface area (Å²) in [5.74, 6) is -1.35. The second kappa shape index (κ2) is 9.25. The van der Waals surface area contributed by atoms with Gasteiger partial charge in [0.05, 0.1) is 43.3 Å². The molecule has 1 aromatic carbocycles. The number of H-pyrrole nitrogens is 1. The van der Waals surface area contributed by atoms with E-state index in [1.54, 1.807) is 0 Å². The van der Waals surface area contributed by atoms with E-state index in [1.807, 2.05) is 18.2 Å². The van der Waals surface area contributed by atoms with Gasteiger partial charge in [-0.3, -0.25) is 4.90 Å². The Morgan fingerprint density at radius 2 is 2.00 bits per heavy atom. The summed E-state index contributed by atoms with van der Waals surface area (Å²) in [6.45, 7) is 0.772. The first-order valence-electron chi connectivity index (χ1n) is 13.3. The maximum atomic E-state index is 12.9. The highest BCUT2D eigenvalue weighted by molar-refractivity contribution is 5.89. The fourth-order valence-corrected chi connectivity index (χ4v) is 7.18. The third-order valence-electron chi connectivity index (χ3n) is 9.06. The molecule has 3 saturated heterocycles. The lowest BCUT2D eigenvalue weighted by molar-refractivity contribution is -0.350. The van der Waals surface area contributed by atoms with Gasteiger partial charge in [0.2, 0.25) is 6.29 Å². The summed E-state index contributed by atoms with van der Waals surface area (Å²) >= 11 is 0. The number of nitrogens with one attached hydrogen (secondary N) is 1. The number of aromatic nitrogens is 1. The lowest BCUT2D eigenvalue weighted by Crippen LogP contribution is -2.61. The molecule has 12 nitrogen and oxygen atoms in total. The van der Waals surface area contributed by atoms with Gasteiger partial charge in [0.25, 0.3) is 0 Å². The van der Waals surface area contributed by atoms with Crippen LogP contribution in [0, 0.1) is 11.8 Å². The number of esters is 1. The minimum Gasteiger partial charge on any atom is -0.471 e. The van der Waals surface area contributed by atoms with Crippen molar-refractivity contribution in [3.63, 3.8) is 0 Å². The molecule has 0 radical (unpaired) electrons. The average Bonchev–Trinajstić information content (AvgIpc) is 3.48. The van der Waals surface area contributed by atoms with Gasteiger partial charge in [-0.2, -0.15) is 0 Å². The van der Waals surface area contributed by atoms with Crippen LogP contribution in [-0.4, -0.2) is 106 Å². The zero-order chi connectivity index (χ0) is 27.1. The molecule has 7 rings (SSSR count). The lowest BCUT2D eigenvalue weighted by atomic mass is 9.73. The van der Waals surface area contributed by atoms with Crippen LogP contribution < -0.4 is 0 Å². The number of methoxy groups -OCH3 is 1. The van der Waals surface area contributed by atoms with Crippen LogP contribution in [0.1, 0.15) is 17.7 Å². The molecule has 12 heteroatoms. The van der Waals surface area contributed by atoms with Gasteiger partial charge in [-0.25, -0.2) is 4.79 Å². The largest absolute Gasteiger partial charge is 0.471 e.